The molecule has 7 nitrogen and oxygen atoms in total. The van der Waals surface area contributed by atoms with E-state index in [0.29, 0.717) is 19.6 Å². The number of hydrogen-bond acceptors (Lipinski definition) is 4. The predicted molar refractivity (Wildman–Crippen MR) is 114 cm³/mol. The number of para-hydroxylation sites is 1. The van der Waals surface area contributed by atoms with E-state index in [4.69, 9.17) is 0 Å². The maximum Gasteiger partial charge on any atom is 0.242 e. The molecule has 0 saturated carbocycles. The average molecular weight is 419 g/mol. The van der Waals surface area contributed by atoms with Crippen LogP contribution >= 0.6 is 0 Å². The second kappa shape index (κ2) is 8.45. The van der Waals surface area contributed by atoms with Crippen molar-refractivity contribution < 1.29 is 13.2 Å². The van der Waals surface area contributed by atoms with Crippen molar-refractivity contribution in [3.63, 3.8) is 0 Å². The van der Waals surface area contributed by atoms with Crippen LogP contribution in [0.25, 0.3) is 10.9 Å². The zero-order chi connectivity index (χ0) is 20.4. The van der Waals surface area contributed by atoms with Gasteiger partial charge in [0.25, 0.3) is 0 Å². The highest BCUT2D eigenvalue weighted by atomic mass is 32.2. The minimum atomic E-state index is -3.11. The zero-order valence-corrected chi connectivity index (χ0v) is 17.9. The molecule has 1 aromatic heterocycles. The van der Waals surface area contributed by atoms with Crippen molar-refractivity contribution in [1.82, 2.24) is 18.7 Å². The van der Waals surface area contributed by atoms with E-state index in [-0.39, 0.29) is 11.7 Å². The van der Waals surface area contributed by atoms with Gasteiger partial charge in [0.05, 0.1) is 5.75 Å². The second-order valence-corrected chi connectivity index (χ2v) is 10.2. The lowest BCUT2D eigenvalue weighted by Crippen LogP contribution is -2.48. The molecule has 1 aromatic carbocycles. The first-order valence-electron chi connectivity index (χ1n) is 10.5. The van der Waals surface area contributed by atoms with Crippen molar-refractivity contribution >= 4 is 26.8 Å². The maximum absolute atomic E-state index is 12.6. The first-order valence-corrected chi connectivity index (χ1v) is 12.1. The molecule has 2 aromatic rings. The summed E-state index contributed by atoms with van der Waals surface area (Å²) < 4.78 is 27.8. The molecule has 0 aliphatic carbocycles. The van der Waals surface area contributed by atoms with Crippen molar-refractivity contribution in [3.8, 4) is 0 Å². The van der Waals surface area contributed by atoms with E-state index in [2.05, 4.69) is 27.8 Å². The number of carbonyl (C=O) groups is 1. The smallest absolute Gasteiger partial charge is 0.242 e. The Morgan fingerprint density at radius 1 is 1.00 bits per heavy atom. The Morgan fingerprint density at radius 3 is 2.38 bits per heavy atom. The molecular weight excluding hydrogens is 388 g/mol. The maximum atomic E-state index is 12.6. The Bertz CT molecular complexity index is 971. The Kier molecular flexibility index (Phi) is 5.94. The van der Waals surface area contributed by atoms with Gasteiger partial charge in [-0.25, -0.2) is 8.42 Å². The molecular formula is C21H30N4O3S. The highest BCUT2D eigenvalue weighted by molar-refractivity contribution is 7.89. The molecule has 0 bridgehead atoms. The predicted octanol–water partition coefficient (Wildman–Crippen LogP) is 1.73. The fourth-order valence-electron chi connectivity index (χ4n) is 4.38. The van der Waals surface area contributed by atoms with Crippen LogP contribution in [0.5, 0.6) is 0 Å². The lowest BCUT2D eigenvalue weighted by molar-refractivity contribution is -0.130. The molecule has 3 heterocycles. The summed E-state index contributed by atoms with van der Waals surface area (Å²) in [6, 6.07) is 8.22. The molecule has 4 rings (SSSR count). The van der Waals surface area contributed by atoms with Crippen LogP contribution in [0.2, 0.25) is 0 Å². The van der Waals surface area contributed by atoms with Gasteiger partial charge in [0.15, 0.2) is 0 Å². The normalized spacial score (nSPS) is 19.3. The van der Waals surface area contributed by atoms with Gasteiger partial charge >= 0.3 is 0 Å². The minimum Gasteiger partial charge on any atom is -0.341 e. The Labute approximate surface area is 172 Å². The zero-order valence-electron chi connectivity index (χ0n) is 17.1. The van der Waals surface area contributed by atoms with Crippen LogP contribution in [-0.2, 0) is 27.9 Å². The van der Waals surface area contributed by atoms with Gasteiger partial charge in [0.1, 0.15) is 6.54 Å². The molecule has 0 unspecified atom stereocenters. The van der Waals surface area contributed by atoms with Crippen LogP contribution in [-0.4, -0.2) is 78.0 Å². The number of sulfonamides is 1. The third-order valence-electron chi connectivity index (χ3n) is 6.12. The monoisotopic (exact) mass is 418 g/mol. The topological polar surface area (TPSA) is 65.9 Å². The summed E-state index contributed by atoms with van der Waals surface area (Å²) >= 11 is 0. The van der Waals surface area contributed by atoms with E-state index in [1.165, 1.54) is 10.9 Å². The SMILES string of the molecule is CCS(=O)(=O)N1CCN(Cc2cn(CC(=O)N3CCCC3)c3ccccc23)CC1. The largest absolute Gasteiger partial charge is 0.341 e. The van der Waals surface area contributed by atoms with Gasteiger partial charge < -0.3 is 9.47 Å². The highest BCUT2D eigenvalue weighted by Crippen LogP contribution is 2.24. The van der Waals surface area contributed by atoms with Gasteiger partial charge in [-0.3, -0.25) is 9.69 Å². The average Bonchev–Trinajstić information content (AvgIpc) is 3.38. The van der Waals surface area contributed by atoms with Crippen LogP contribution in [0.15, 0.2) is 30.5 Å². The van der Waals surface area contributed by atoms with Crippen molar-refractivity contribution in [3.05, 3.63) is 36.0 Å². The van der Waals surface area contributed by atoms with Gasteiger partial charge in [-0.1, -0.05) is 18.2 Å². The van der Waals surface area contributed by atoms with Crippen LogP contribution in [0.4, 0.5) is 0 Å². The Balaban J connectivity index is 1.48. The third kappa shape index (κ3) is 4.34. The third-order valence-corrected chi connectivity index (χ3v) is 8.00. The number of amides is 1. The number of piperazine rings is 1. The molecule has 0 N–H and O–H groups in total. The van der Waals surface area contributed by atoms with Gasteiger partial charge in [-0.2, -0.15) is 4.31 Å². The molecule has 1 amide bonds. The molecule has 0 radical (unpaired) electrons. The standard InChI is InChI=1S/C21H30N4O3S/c1-2-29(27,28)25-13-11-22(12-14-25)15-18-16-24(20-8-4-3-7-19(18)20)17-21(26)23-9-5-6-10-23/h3-4,7-8,16H,2,5-6,9-15,17H2,1H3. The Morgan fingerprint density at radius 2 is 1.69 bits per heavy atom. The fourth-order valence-corrected chi connectivity index (χ4v) is 5.47. The van der Waals surface area contributed by atoms with Crippen molar-refractivity contribution in [1.29, 1.82) is 0 Å². The number of hydrogen-bond donors (Lipinski definition) is 0. The molecule has 29 heavy (non-hydrogen) atoms. The number of likely N-dealkylation sites (tertiary alicyclic amines) is 1. The molecule has 158 valence electrons. The summed E-state index contributed by atoms with van der Waals surface area (Å²) in [6.45, 7) is 7.13. The molecule has 2 fully saturated rings. The number of fused-ring (bicyclic) bond motifs is 1. The van der Waals surface area contributed by atoms with Gasteiger partial charge in [0.2, 0.25) is 15.9 Å². The van der Waals surface area contributed by atoms with E-state index >= 15 is 0 Å². The van der Waals surface area contributed by atoms with Crippen molar-refractivity contribution in [2.45, 2.75) is 32.9 Å². The molecule has 2 aliphatic rings. The van der Waals surface area contributed by atoms with Crippen LogP contribution < -0.4 is 0 Å². The number of rotatable bonds is 6. The summed E-state index contributed by atoms with van der Waals surface area (Å²) in [4.78, 5) is 16.9. The summed E-state index contributed by atoms with van der Waals surface area (Å²) in [5, 5.41) is 1.17. The summed E-state index contributed by atoms with van der Waals surface area (Å²) in [7, 11) is -3.11. The van der Waals surface area contributed by atoms with Crippen LogP contribution in [0.3, 0.4) is 0 Å². The van der Waals surface area contributed by atoms with Crippen molar-refractivity contribution in [2.75, 3.05) is 45.0 Å². The van der Waals surface area contributed by atoms with Gasteiger partial charge in [-0.15, -0.1) is 0 Å². The number of carbonyl (C=O) groups excluding carboxylic acids is 1. The van der Waals surface area contributed by atoms with E-state index in [0.717, 1.165) is 51.1 Å². The van der Waals surface area contributed by atoms with E-state index in [1.807, 2.05) is 17.0 Å². The van der Waals surface area contributed by atoms with E-state index in [9.17, 15) is 13.2 Å². The fraction of sp³-hybridized carbons (Fsp3) is 0.571. The lowest BCUT2D eigenvalue weighted by Gasteiger charge is -2.33. The number of aromatic nitrogens is 1. The minimum absolute atomic E-state index is 0.158. The lowest BCUT2D eigenvalue weighted by atomic mass is 10.1. The van der Waals surface area contributed by atoms with Crippen molar-refractivity contribution in [2.24, 2.45) is 0 Å². The first-order chi connectivity index (χ1) is 14.0. The van der Waals surface area contributed by atoms with E-state index < -0.39 is 10.0 Å². The summed E-state index contributed by atoms with van der Waals surface area (Å²) in [5.41, 5.74) is 2.28. The van der Waals surface area contributed by atoms with E-state index in [1.54, 1.807) is 11.2 Å². The number of benzene rings is 1. The van der Waals surface area contributed by atoms with Gasteiger partial charge in [-0.05, 0) is 31.4 Å². The first kappa shape index (κ1) is 20.4. The Hall–Kier alpha value is -1.90. The van der Waals surface area contributed by atoms with Gasteiger partial charge in [0, 0.05) is 62.9 Å². The summed E-state index contributed by atoms with van der Waals surface area (Å²) in [6.07, 6.45) is 4.31. The molecule has 8 heteroatoms. The van der Waals surface area contributed by atoms with Crippen LogP contribution in [0.1, 0.15) is 25.3 Å². The molecule has 2 saturated heterocycles. The quantitative estimate of drug-likeness (QED) is 0.717. The second-order valence-electron chi connectivity index (χ2n) is 7.96. The number of nitrogens with zero attached hydrogens (tertiary/aromatic N) is 4. The molecule has 2 aliphatic heterocycles. The molecule has 0 atom stereocenters. The molecule has 0 spiro atoms. The van der Waals surface area contributed by atoms with Crippen LogP contribution in [0, 0.1) is 0 Å². The highest BCUT2D eigenvalue weighted by Gasteiger charge is 2.26. The summed E-state index contributed by atoms with van der Waals surface area (Å²) in [5.74, 6) is 0.346.